The van der Waals surface area contributed by atoms with Crippen molar-refractivity contribution < 1.29 is 42.9 Å². The highest BCUT2D eigenvalue weighted by Gasteiger charge is 2.53. The van der Waals surface area contributed by atoms with Gasteiger partial charge in [0.15, 0.2) is 18.3 Å². The molecule has 0 bridgehead atoms. The molecule has 0 amide bonds. The van der Waals surface area contributed by atoms with Crippen molar-refractivity contribution in [1.82, 2.24) is 9.97 Å². The number of hydrogen-bond donors (Lipinski definition) is 0. The SMILES string of the molecule is CC(=O)OC[C@H]1O[C@@H](C2=CC(Cc3ccc(-c4cncnc4)s3)C(C)(C)C=C2)[C@H](OC(C)=O)[C@@H](OC(C)=O)[C@@H]1OC(C)=O. The molecular formula is C31H36N2O9S. The number of rotatable bonds is 9. The van der Waals surface area contributed by atoms with E-state index in [4.69, 9.17) is 23.7 Å². The van der Waals surface area contributed by atoms with Crippen LogP contribution in [0.5, 0.6) is 0 Å². The van der Waals surface area contributed by atoms with Crippen LogP contribution in [0.15, 0.2) is 54.7 Å². The summed E-state index contributed by atoms with van der Waals surface area (Å²) in [5.41, 5.74) is 1.40. The zero-order chi connectivity index (χ0) is 31.3. The normalized spacial score (nSPS) is 26.1. The molecule has 11 nitrogen and oxygen atoms in total. The van der Waals surface area contributed by atoms with E-state index in [2.05, 4.69) is 48.1 Å². The van der Waals surface area contributed by atoms with Crippen molar-refractivity contribution in [1.29, 1.82) is 0 Å². The molecule has 1 fully saturated rings. The molecule has 0 N–H and O–H groups in total. The first-order chi connectivity index (χ1) is 20.3. The van der Waals surface area contributed by atoms with E-state index >= 15 is 0 Å². The number of thiophene rings is 1. The van der Waals surface area contributed by atoms with Crippen LogP contribution in [0.4, 0.5) is 0 Å². The lowest BCUT2D eigenvalue weighted by molar-refractivity contribution is -0.245. The lowest BCUT2D eigenvalue weighted by Crippen LogP contribution is -2.62. The molecular weight excluding hydrogens is 576 g/mol. The molecule has 6 atom stereocenters. The van der Waals surface area contributed by atoms with Crippen LogP contribution in [0.2, 0.25) is 0 Å². The maximum absolute atomic E-state index is 12.3. The molecule has 0 spiro atoms. The summed E-state index contributed by atoms with van der Waals surface area (Å²) in [4.78, 5) is 58.7. The summed E-state index contributed by atoms with van der Waals surface area (Å²) in [7, 11) is 0. The largest absolute Gasteiger partial charge is 0.463 e. The van der Waals surface area contributed by atoms with Gasteiger partial charge in [-0.2, -0.15) is 0 Å². The Morgan fingerprint density at radius 2 is 1.51 bits per heavy atom. The average molecular weight is 613 g/mol. The lowest BCUT2D eigenvalue weighted by atomic mass is 9.71. The van der Waals surface area contributed by atoms with Crippen molar-refractivity contribution in [2.75, 3.05) is 6.61 Å². The number of aromatic nitrogens is 2. The second-order valence-electron chi connectivity index (χ2n) is 11.1. The predicted octanol–water partition coefficient (Wildman–Crippen LogP) is 4.01. The van der Waals surface area contributed by atoms with Gasteiger partial charge in [0.25, 0.3) is 0 Å². The number of allylic oxidation sites excluding steroid dienone is 2. The van der Waals surface area contributed by atoms with E-state index in [-0.39, 0.29) is 17.9 Å². The van der Waals surface area contributed by atoms with E-state index in [0.29, 0.717) is 12.0 Å². The van der Waals surface area contributed by atoms with Crippen LogP contribution in [0.3, 0.4) is 0 Å². The zero-order valence-corrected chi connectivity index (χ0v) is 25.8. The summed E-state index contributed by atoms with van der Waals surface area (Å²) >= 11 is 1.66. The Morgan fingerprint density at radius 1 is 0.884 bits per heavy atom. The van der Waals surface area contributed by atoms with Crippen LogP contribution in [0.1, 0.15) is 46.4 Å². The third-order valence-corrected chi connectivity index (χ3v) is 8.46. The molecule has 1 saturated heterocycles. The summed E-state index contributed by atoms with van der Waals surface area (Å²) in [6.07, 6.45) is 6.30. The Bertz CT molecular complexity index is 1400. The number of nitrogens with zero attached hydrogens (tertiary/aromatic N) is 2. The smallest absolute Gasteiger partial charge is 0.303 e. The third kappa shape index (κ3) is 8.14. The van der Waals surface area contributed by atoms with Crippen molar-refractivity contribution in [3.05, 3.63) is 59.5 Å². The summed E-state index contributed by atoms with van der Waals surface area (Å²) in [5.74, 6) is -2.53. The van der Waals surface area contributed by atoms with E-state index in [0.717, 1.165) is 15.3 Å². The van der Waals surface area contributed by atoms with Crippen molar-refractivity contribution in [3.8, 4) is 10.4 Å². The van der Waals surface area contributed by atoms with Crippen LogP contribution >= 0.6 is 11.3 Å². The number of esters is 4. The number of carbonyl (C=O) groups excluding carboxylic acids is 4. The molecule has 3 heterocycles. The molecule has 1 aliphatic carbocycles. The standard InChI is InChI=1S/C31H36N2O9S/c1-17(34)38-15-25-28(39-18(2)35)30(41-20(4)37)29(40-19(3)36)27(42-25)21-9-10-31(5,6)23(11-21)12-24-7-8-26(43-24)22-13-32-16-33-14-22/h7-11,13-14,16,23,25,27-30H,12,15H2,1-6H3/t23?,25-,27+,28-,29+,30+/m1/s1. The zero-order valence-electron chi connectivity index (χ0n) is 25.0. The fourth-order valence-corrected chi connectivity index (χ4v) is 6.27. The maximum Gasteiger partial charge on any atom is 0.303 e. The molecule has 2 aromatic rings. The van der Waals surface area contributed by atoms with Gasteiger partial charge in [-0.05, 0) is 35.5 Å². The lowest BCUT2D eigenvalue weighted by Gasteiger charge is -2.46. The van der Waals surface area contributed by atoms with Gasteiger partial charge in [-0.25, -0.2) is 9.97 Å². The maximum atomic E-state index is 12.3. The summed E-state index contributed by atoms with van der Waals surface area (Å²) in [6, 6.07) is 4.14. The highest BCUT2D eigenvalue weighted by molar-refractivity contribution is 7.15. The van der Waals surface area contributed by atoms with Gasteiger partial charge in [-0.3, -0.25) is 19.2 Å². The monoisotopic (exact) mass is 612 g/mol. The van der Waals surface area contributed by atoms with Gasteiger partial charge in [-0.1, -0.05) is 32.1 Å². The minimum Gasteiger partial charge on any atom is -0.463 e. The molecule has 1 aliphatic heterocycles. The van der Waals surface area contributed by atoms with Gasteiger partial charge < -0.3 is 23.7 Å². The molecule has 0 radical (unpaired) electrons. The van der Waals surface area contributed by atoms with Crippen molar-refractivity contribution in [3.63, 3.8) is 0 Å². The number of ether oxygens (including phenoxy) is 5. The fourth-order valence-electron chi connectivity index (χ4n) is 5.23. The van der Waals surface area contributed by atoms with Gasteiger partial charge in [0, 0.05) is 55.4 Å². The van der Waals surface area contributed by atoms with Crippen molar-refractivity contribution >= 4 is 35.2 Å². The molecule has 1 unspecified atom stereocenters. The first kappa shape index (κ1) is 32.0. The Morgan fingerprint density at radius 3 is 2.14 bits per heavy atom. The highest BCUT2D eigenvalue weighted by Crippen LogP contribution is 2.42. The molecule has 43 heavy (non-hydrogen) atoms. The summed E-state index contributed by atoms with van der Waals surface area (Å²) in [6.45, 7) is 8.86. The van der Waals surface area contributed by atoms with Gasteiger partial charge in [0.2, 0.25) is 0 Å². The molecule has 4 rings (SSSR count). The van der Waals surface area contributed by atoms with Crippen LogP contribution in [0.25, 0.3) is 10.4 Å². The summed E-state index contributed by atoms with van der Waals surface area (Å²) in [5, 5.41) is 0. The van der Waals surface area contributed by atoms with E-state index in [1.54, 1.807) is 23.7 Å². The van der Waals surface area contributed by atoms with Crippen LogP contribution < -0.4 is 0 Å². The molecule has 2 aliphatic rings. The van der Waals surface area contributed by atoms with Gasteiger partial charge in [0.1, 0.15) is 25.1 Å². The van der Waals surface area contributed by atoms with Gasteiger partial charge in [0.05, 0.1) is 0 Å². The molecule has 2 aromatic heterocycles. The van der Waals surface area contributed by atoms with E-state index in [1.165, 1.54) is 34.0 Å². The average Bonchev–Trinajstić information content (AvgIpc) is 3.39. The van der Waals surface area contributed by atoms with E-state index in [1.807, 2.05) is 6.08 Å². The predicted molar refractivity (Wildman–Crippen MR) is 155 cm³/mol. The highest BCUT2D eigenvalue weighted by atomic mass is 32.1. The van der Waals surface area contributed by atoms with E-state index < -0.39 is 54.4 Å². The Labute approximate surface area is 254 Å². The molecule has 0 saturated carbocycles. The molecule has 230 valence electrons. The van der Waals surface area contributed by atoms with Crippen LogP contribution in [-0.4, -0.2) is 71.0 Å². The Kier molecular flexibility index (Phi) is 10.1. The Balaban J connectivity index is 1.70. The molecule has 0 aromatic carbocycles. The second-order valence-corrected chi connectivity index (χ2v) is 12.3. The first-order valence-electron chi connectivity index (χ1n) is 13.9. The van der Waals surface area contributed by atoms with Crippen LogP contribution in [-0.2, 0) is 49.3 Å². The third-order valence-electron chi connectivity index (χ3n) is 7.30. The van der Waals surface area contributed by atoms with Gasteiger partial charge in [-0.15, -0.1) is 11.3 Å². The minimum absolute atomic E-state index is 0.0119. The van der Waals surface area contributed by atoms with Crippen molar-refractivity contribution in [2.24, 2.45) is 11.3 Å². The first-order valence-corrected chi connectivity index (χ1v) is 14.7. The number of hydrogen-bond acceptors (Lipinski definition) is 12. The van der Waals surface area contributed by atoms with Gasteiger partial charge >= 0.3 is 23.9 Å². The Hall–Kier alpha value is -3.90. The fraction of sp³-hybridized carbons (Fsp3) is 0.484. The number of carbonyl (C=O) groups is 4. The summed E-state index contributed by atoms with van der Waals surface area (Å²) < 4.78 is 28.4. The molecule has 12 heteroatoms. The minimum atomic E-state index is -1.22. The van der Waals surface area contributed by atoms with Crippen molar-refractivity contribution in [2.45, 2.75) is 78.5 Å². The quantitative estimate of drug-likeness (QED) is 0.300. The van der Waals surface area contributed by atoms with E-state index in [9.17, 15) is 19.2 Å². The van der Waals surface area contributed by atoms with Crippen LogP contribution in [0, 0.1) is 11.3 Å². The topological polar surface area (TPSA) is 140 Å². The second kappa shape index (κ2) is 13.6.